The van der Waals surface area contributed by atoms with E-state index in [-0.39, 0.29) is 18.4 Å². The largest absolute Gasteiger partial charge is 0.481 e. The van der Waals surface area contributed by atoms with E-state index >= 15 is 0 Å². The Morgan fingerprint density at radius 2 is 2.14 bits per heavy atom. The maximum atomic E-state index is 13.2. The van der Waals surface area contributed by atoms with Gasteiger partial charge in [0, 0.05) is 22.3 Å². The summed E-state index contributed by atoms with van der Waals surface area (Å²) in [5.74, 6) is 0.291. The van der Waals surface area contributed by atoms with Crippen LogP contribution in [0.25, 0.3) is 0 Å². The zero-order chi connectivity index (χ0) is 20.5. The van der Waals surface area contributed by atoms with E-state index < -0.39 is 11.7 Å². The van der Waals surface area contributed by atoms with Crippen LogP contribution in [0.15, 0.2) is 34.9 Å². The van der Waals surface area contributed by atoms with Gasteiger partial charge in [0.2, 0.25) is 11.8 Å². The molecule has 1 aliphatic heterocycles. The first-order chi connectivity index (χ1) is 13.2. The molecule has 0 fully saturated rings. The van der Waals surface area contributed by atoms with Crippen molar-refractivity contribution in [2.45, 2.75) is 32.5 Å². The van der Waals surface area contributed by atoms with Crippen LogP contribution in [-0.4, -0.2) is 45.9 Å². The van der Waals surface area contributed by atoms with Crippen molar-refractivity contribution < 1.29 is 14.3 Å². The summed E-state index contributed by atoms with van der Waals surface area (Å²) in [5, 5.41) is 6.10. The lowest BCUT2D eigenvalue weighted by Crippen LogP contribution is -2.51. The number of nitrogens with zero attached hydrogens (tertiary/aromatic N) is 3. The number of hydrogen-bond donors (Lipinski definition) is 2. The Kier molecular flexibility index (Phi) is 5.55. The van der Waals surface area contributed by atoms with Gasteiger partial charge in [-0.25, -0.2) is 9.97 Å². The fraction of sp³-hybridized carbons (Fsp3) is 0.368. The number of carbonyl (C=O) groups excluding carboxylic acids is 2. The molecular weight excluding hydrogens is 426 g/mol. The zero-order valence-corrected chi connectivity index (χ0v) is 17.7. The molecule has 8 nitrogen and oxygen atoms in total. The summed E-state index contributed by atoms with van der Waals surface area (Å²) in [5.41, 5.74) is 0.527. The number of carbonyl (C=O) groups is 2. The average molecular weight is 448 g/mol. The summed E-state index contributed by atoms with van der Waals surface area (Å²) < 4.78 is 5.88. The number of nitrogens with one attached hydrogen (secondary N) is 2. The van der Waals surface area contributed by atoms with Crippen molar-refractivity contribution in [3.63, 3.8) is 0 Å². The molecule has 0 aliphatic carbocycles. The number of fused-ring (bicyclic) bond motifs is 1. The van der Waals surface area contributed by atoms with E-state index in [1.807, 2.05) is 20.8 Å². The number of hydrogen-bond acceptors (Lipinski definition) is 6. The van der Waals surface area contributed by atoms with Crippen LogP contribution in [0.1, 0.15) is 43.0 Å². The Morgan fingerprint density at radius 3 is 2.82 bits per heavy atom. The molecule has 0 spiro atoms. The number of methoxy groups -OCH3 is 1. The molecule has 2 amide bonds. The number of pyridine rings is 2. The topological polar surface area (TPSA) is 96.5 Å². The lowest BCUT2D eigenvalue weighted by molar-refractivity contribution is -0.123. The second-order valence-electron chi connectivity index (χ2n) is 7.43. The van der Waals surface area contributed by atoms with Crippen LogP contribution in [0.2, 0.25) is 0 Å². The summed E-state index contributed by atoms with van der Waals surface area (Å²) in [4.78, 5) is 35.9. The lowest BCUT2D eigenvalue weighted by Gasteiger charge is -2.37. The molecule has 0 saturated heterocycles. The second kappa shape index (κ2) is 7.75. The second-order valence-corrected chi connectivity index (χ2v) is 8.35. The molecule has 1 unspecified atom stereocenters. The molecule has 28 heavy (non-hydrogen) atoms. The first-order valence-electron chi connectivity index (χ1n) is 8.73. The highest BCUT2D eigenvalue weighted by Crippen LogP contribution is 2.32. The van der Waals surface area contributed by atoms with Gasteiger partial charge in [0.15, 0.2) is 0 Å². The minimum Gasteiger partial charge on any atom is -0.481 e. The third-order valence-electron chi connectivity index (χ3n) is 3.99. The van der Waals surface area contributed by atoms with Gasteiger partial charge in [-0.15, -0.1) is 0 Å². The summed E-state index contributed by atoms with van der Waals surface area (Å²) in [6.45, 7) is 5.54. The van der Waals surface area contributed by atoms with Crippen molar-refractivity contribution in [1.82, 2.24) is 20.2 Å². The Bertz CT molecular complexity index is 913. The first kappa shape index (κ1) is 20.1. The van der Waals surface area contributed by atoms with Crippen molar-refractivity contribution in [1.29, 1.82) is 0 Å². The smallest absolute Gasteiger partial charge is 0.260 e. The number of ether oxygens (including phenoxy) is 1. The maximum Gasteiger partial charge on any atom is 0.260 e. The normalized spacial score (nSPS) is 16.2. The monoisotopic (exact) mass is 447 g/mol. The summed E-state index contributed by atoms with van der Waals surface area (Å²) in [6.07, 6.45) is 0.950. The van der Waals surface area contributed by atoms with Crippen LogP contribution in [0.4, 0.5) is 5.82 Å². The van der Waals surface area contributed by atoms with E-state index in [1.54, 1.807) is 30.5 Å². The van der Waals surface area contributed by atoms with Gasteiger partial charge in [-0.05, 0) is 48.8 Å². The average Bonchev–Trinajstić information content (AvgIpc) is 2.63. The van der Waals surface area contributed by atoms with Crippen molar-refractivity contribution in [3.8, 4) is 5.88 Å². The van der Waals surface area contributed by atoms with Crippen LogP contribution in [0.5, 0.6) is 5.88 Å². The Morgan fingerprint density at radius 1 is 1.39 bits per heavy atom. The van der Waals surface area contributed by atoms with Crippen molar-refractivity contribution in [2.75, 3.05) is 19.0 Å². The highest BCUT2D eigenvalue weighted by atomic mass is 79.9. The van der Waals surface area contributed by atoms with Gasteiger partial charge in [-0.2, -0.15) is 0 Å². The third-order valence-corrected chi connectivity index (χ3v) is 4.43. The minimum atomic E-state index is -0.658. The summed E-state index contributed by atoms with van der Waals surface area (Å²) in [6, 6.07) is 6.95. The van der Waals surface area contributed by atoms with E-state index in [0.29, 0.717) is 27.4 Å². The minimum absolute atomic E-state index is 0.126. The predicted octanol–water partition coefficient (Wildman–Crippen LogP) is 2.73. The molecule has 9 heteroatoms. The van der Waals surface area contributed by atoms with Gasteiger partial charge < -0.3 is 20.3 Å². The molecule has 2 N–H and O–H groups in total. The van der Waals surface area contributed by atoms with E-state index in [9.17, 15) is 9.59 Å². The van der Waals surface area contributed by atoms with E-state index in [4.69, 9.17) is 4.74 Å². The molecule has 0 saturated carbocycles. The van der Waals surface area contributed by atoms with Crippen LogP contribution in [-0.2, 0) is 4.79 Å². The van der Waals surface area contributed by atoms with Gasteiger partial charge in [-0.3, -0.25) is 9.59 Å². The fourth-order valence-electron chi connectivity index (χ4n) is 2.90. The number of anilines is 1. The Hall–Kier alpha value is -2.68. The number of aromatic nitrogens is 2. The Labute approximate surface area is 171 Å². The van der Waals surface area contributed by atoms with Crippen LogP contribution in [0.3, 0.4) is 0 Å². The number of halogens is 1. The first-order valence-corrected chi connectivity index (χ1v) is 9.52. The Balaban J connectivity index is 1.99. The summed E-state index contributed by atoms with van der Waals surface area (Å²) in [7, 11) is 1.52. The number of amides is 2. The van der Waals surface area contributed by atoms with E-state index in [2.05, 4.69) is 36.5 Å². The molecule has 3 rings (SSSR count). The van der Waals surface area contributed by atoms with Crippen molar-refractivity contribution in [2.24, 2.45) is 0 Å². The highest BCUT2D eigenvalue weighted by molar-refractivity contribution is 9.10. The molecule has 1 atom stereocenters. The van der Waals surface area contributed by atoms with E-state index in [0.717, 1.165) is 0 Å². The van der Waals surface area contributed by atoms with Gasteiger partial charge in [-0.1, -0.05) is 6.07 Å². The molecule has 148 valence electrons. The number of rotatable bonds is 4. The van der Waals surface area contributed by atoms with Crippen LogP contribution < -0.4 is 15.4 Å². The van der Waals surface area contributed by atoms with Gasteiger partial charge >= 0.3 is 0 Å². The quantitative estimate of drug-likeness (QED) is 0.747. The van der Waals surface area contributed by atoms with Crippen LogP contribution in [0, 0.1) is 0 Å². The molecular formula is C19H22BrN5O3. The molecule has 0 aromatic carbocycles. The standard InChI is InChI=1S/C19H22BrN5O3/c1-19(2,3)24-14(26)10-25-17(13-6-5-7-15(22-13)28-4)23-16-12(18(25)27)8-11(20)9-21-16/h5-9,17H,10H2,1-4H3,(H,21,23)(H,24,26). The predicted molar refractivity (Wildman–Crippen MR) is 108 cm³/mol. The van der Waals surface area contributed by atoms with Crippen molar-refractivity contribution in [3.05, 3.63) is 46.2 Å². The molecule has 0 bridgehead atoms. The van der Waals surface area contributed by atoms with Crippen LogP contribution >= 0.6 is 15.9 Å². The SMILES string of the molecule is COc1cccc(C2Nc3ncc(Br)cc3C(=O)N2CC(=O)NC(C)(C)C)n1. The zero-order valence-electron chi connectivity index (χ0n) is 16.1. The fourth-order valence-corrected chi connectivity index (χ4v) is 3.23. The molecule has 1 aliphatic rings. The molecule has 3 heterocycles. The van der Waals surface area contributed by atoms with Gasteiger partial charge in [0.05, 0.1) is 18.4 Å². The van der Waals surface area contributed by atoms with Crippen molar-refractivity contribution >= 4 is 33.6 Å². The third kappa shape index (κ3) is 4.41. The van der Waals surface area contributed by atoms with E-state index in [1.165, 1.54) is 12.0 Å². The summed E-state index contributed by atoms with van der Waals surface area (Å²) >= 11 is 3.34. The van der Waals surface area contributed by atoms with Gasteiger partial charge in [0.25, 0.3) is 5.91 Å². The molecule has 2 aromatic rings. The lowest BCUT2D eigenvalue weighted by atomic mass is 10.1. The molecule has 2 aromatic heterocycles. The highest BCUT2D eigenvalue weighted by Gasteiger charge is 2.36. The maximum absolute atomic E-state index is 13.2. The van der Waals surface area contributed by atoms with Gasteiger partial charge in [0.1, 0.15) is 18.5 Å². The molecule has 0 radical (unpaired) electrons.